The van der Waals surface area contributed by atoms with Gasteiger partial charge in [-0.15, -0.1) is 0 Å². The number of rotatable bonds is 4. The minimum Gasteiger partial charge on any atom is -0.313 e. The predicted octanol–water partition coefficient (Wildman–Crippen LogP) is 1.74. The molecule has 1 unspecified atom stereocenters. The quantitative estimate of drug-likeness (QED) is 0.889. The first kappa shape index (κ1) is 12.6. The van der Waals surface area contributed by atoms with Gasteiger partial charge in [0.1, 0.15) is 0 Å². The molecule has 3 nitrogen and oxygen atoms in total. The molecule has 1 aliphatic heterocycles. The maximum atomic E-state index is 12.0. The maximum Gasteiger partial charge on any atom is 0.155 e. The van der Waals surface area contributed by atoms with Crippen molar-refractivity contribution in [2.45, 2.75) is 31.1 Å². The Hall–Kier alpha value is -0.870. The number of sulfone groups is 1. The molecule has 0 aliphatic carbocycles. The molecule has 0 spiro atoms. The average molecular weight is 253 g/mol. The predicted molar refractivity (Wildman–Crippen MR) is 69.6 cm³/mol. The zero-order valence-electron chi connectivity index (χ0n) is 9.93. The van der Waals surface area contributed by atoms with E-state index in [0.717, 1.165) is 31.4 Å². The van der Waals surface area contributed by atoms with Gasteiger partial charge >= 0.3 is 0 Å². The van der Waals surface area contributed by atoms with Gasteiger partial charge in [-0.3, -0.25) is 0 Å². The summed E-state index contributed by atoms with van der Waals surface area (Å²) in [6, 6.07) is 9.54. The van der Waals surface area contributed by atoms with Crippen molar-refractivity contribution in [3.05, 3.63) is 35.9 Å². The second-order valence-corrected chi connectivity index (χ2v) is 6.80. The van der Waals surface area contributed by atoms with Gasteiger partial charge in [0.05, 0.1) is 11.5 Å². The molecule has 94 valence electrons. The van der Waals surface area contributed by atoms with E-state index in [1.165, 1.54) is 0 Å². The van der Waals surface area contributed by atoms with Crippen LogP contribution < -0.4 is 5.32 Å². The van der Waals surface area contributed by atoms with Gasteiger partial charge in [-0.05, 0) is 24.9 Å². The average Bonchev–Trinajstić information content (AvgIpc) is 2.30. The Labute approximate surface area is 103 Å². The fourth-order valence-electron chi connectivity index (χ4n) is 2.26. The molecule has 1 aromatic rings. The summed E-state index contributed by atoms with van der Waals surface area (Å²) < 4.78 is 24.1. The highest BCUT2D eigenvalue weighted by Crippen LogP contribution is 2.12. The van der Waals surface area contributed by atoms with Crippen LogP contribution in [0.25, 0.3) is 0 Å². The van der Waals surface area contributed by atoms with E-state index in [-0.39, 0.29) is 17.5 Å². The first-order valence-corrected chi connectivity index (χ1v) is 7.96. The van der Waals surface area contributed by atoms with Crippen LogP contribution in [-0.4, -0.2) is 26.8 Å². The van der Waals surface area contributed by atoms with Gasteiger partial charge in [0.25, 0.3) is 0 Å². The Balaban J connectivity index is 1.94. The molecule has 1 aromatic carbocycles. The molecule has 0 amide bonds. The molecule has 1 heterocycles. The molecule has 0 bridgehead atoms. The summed E-state index contributed by atoms with van der Waals surface area (Å²) >= 11 is 0. The van der Waals surface area contributed by atoms with Gasteiger partial charge in [-0.2, -0.15) is 0 Å². The molecule has 2 rings (SSSR count). The van der Waals surface area contributed by atoms with Crippen molar-refractivity contribution in [3.8, 4) is 0 Å². The highest BCUT2D eigenvalue weighted by atomic mass is 32.2. The highest BCUT2D eigenvalue weighted by molar-refractivity contribution is 7.90. The van der Waals surface area contributed by atoms with Crippen molar-refractivity contribution in [2.75, 3.05) is 12.3 Å². The molecular weight excluding hydrogens is 234 g/mol. The first-order valence-electron chi connectivity index (χ1n) is 6.13. The van der Waals surface area contributed by atoms with E-state index < -0.39 is 9.84 Å². The summed E-state index contributed by atoms with van der Waals surface area (Å²) in [6.07, 6.45) is 3.28. The smallest absolute Gasteiger partial charge is 0.155 e. The van der Waals surface area contributed by atoms with Crippen molar-refractivity contribution >= 4 is 9.84 Å². The minimum absolute atomic E-state index is 0.150. The lowest BCUT2D eigenvalue weighted by Gasteiger charge is -2.23. The Morgan fingerprint density at radius 3 is 2.59 bits per heavy atom. The van der Waals surface area contributed by atoms with E-state index in [4.69, 9.17) is 0 Å². The van der Waals surface area contributed by atoms with Crippen LogP contribution in [0.5, 0.6) is 0 Å². The lowest BCUT2D eigenvalue weighted by Crippen LogP contribution is -2.39. The summed E-state index contributed by atoms with van der Waals surface area (Å²) in [4.78, 5) is 0. The molecule has 1 aliphatic rings. The van der Waals surface area contributed by atoms with Gasteiger partial charge in [0.2, 0.25) is 0 Å². The molecule has 0 aromatic heterocycles. The Morgan fingerprint density at radius 1 is 1.18 bits per heavy atom. The summed E-state index contributed by atoms with van der Waals surface area (Å²) in [6.45, 7) is 0.950. The molecule has 1 N–H and O–H groups in total. The van der Waals surface area contributed by atoms with Crippen molar-refractivity contribution in [1.82, 2.24) is 5.32 Å². The van der Waals surface area contributed by atoms with E-state index in [1.54, 1.807) is 0 Å². The van der Waals surface area contributed by atoms with Crippen LogP contribution in [0.3, 0.4) is 0 Å². The number of hydrogen-bond donors (Lipinski definition) is 1. The molecule has 0 radical (unpaired) electrons. The zero-order valence-corrected chi connectivity index (χ0v) is 10.7. The van der Waals surface area contributed by atoms with Crippen molar-refractivity contribution in [3.63, 3.8) is 0 Å². The van der Waals surface area contributed by atoms with Crippen molar-refractivity contribution < 1.29 is 8.42 Å². The normalized spacial score (nSPS) is 21.3. The largest absolute Gasteiger partial charge is 0.313 e. The second kappa shape index (κ2) is 5.65. The van der Waals surface area contributed by atoms with E-state index >= 15 is 0 Å². The molecule has 1 saturated heterocycles. The molecule has 4 heteroatoms. The van der Waals surface area contributed by atoms with Crippen LogP contribution in [-0.2, 0) is 15.6 Å². The Kier molecular flexibility index (Phi) is 4.18. The Morgan fingerprint density at radius 2 is 1.94 bits per heavy atom. The van der Waals surface area contributed by atoms with Gasteiger partial charge < -0.3 is 5.32 Å². The number of piperidine rings is 1. The fourth-order valence-corrected chi connectivity index (χ4v) is 3.98. The van der Waals surface area contributed by atoms with Crippen LogP contribution >= 0.6 is 0 Å². The third-order valence-corrected chi connectivity index (χ3v) is 4.78. The van der Waals surface area contributed by atoms with Gasteiger partial charge in [0, 0.05) is 6.04 Å². The maximum absolute atomic E-state index is 12.0. The van der Waals surface area contributed by atoms with Gasteiger partial charge in [-0.25, -0.2) is 8.42 Å². The van der Waals surface area contributed by atoms with Crippen LogP contribution in [0.2, 0.25) is 0 Å². The summed E-state index contributed by atoms with van der Waals surface area (Å²) in [5.74, 6) is 0.425. The molecule has 1 fully saturated rings. The van der Waals surface area contributed by atoms with Crippen LogP contribution in [0.4, 0.5) is 0 Å². The van der Waals surface area contributed by atoms with E-state index in [2.05, 4.69) is 5.32 Å². The number of benzene rings is 1. The van der Waals surface area contributed by atoms with Crippen LogP contribution in [0, 0.1) is 0 Å². The Bertz CT molecular complexity index is 436. The number of nitrogens with one attached hydrogen (secondary N) is 1. The van der Waals surface area contributed by atoms with Gasteiger partial charge in [-0.1, -0.05) is 36.8 Å². The lowest BCUT2D eigenvalue weighted by molar-refractivity contribution is 0.423. The fraction of sp³-hybridized carbons (Fsp3) is 0.538. The van der Waals surface area contributed by atoms with Crippen LogP contribution in [0.15, 0.2) is 30.3 Å². The molecular formula is C13H19NO2S. The summed E-state index contributed by atoms with van der Waals surface area (Å²) in [5.41, 5.74) is 0.878. The van der Waals surface area contributed by atoms with Crippen molar-refractivity contribution in [2.24, 2.45) is 0 Å². The number of hydrogen-bond acceptors (Lipinski definition) is 3. The van der Waals surface area contributed by atoms with E-state index in [9.17, 15) is 8.42 Å². The summed E-state index contributed by atoms with van der Waals surface area (Å²) in [5, 5.41) is 3.28. The zero-order chi connectivity index (χ0) is 12.1. The summed E-state index contributed by atoms with van der Waals surface area (Å²) in [7, 11) is -3.00. The standard InChI is InChI=1S/C13H19NO2S/c15-17(16,10-12-6-2-1-3-7-12)11-13-8-4-5-9-14-13/h1-3,6-7,13-14H,4-5,8-11H2. The van der Waals surface area contributed by atoms with E-state index in [1.807, 2.05) is 30.3 Å². The molecule has 0 saturated carbocycles. The topological polar surface area (TPSA) is 46.2 Å². The monoisotopic (exact) mass is 253 g/mol. The minimum atomic E-state index is -3.00. The lowest BCUT2D eigenvalue weighted by atomic mass is 10.1. The third kappa shape index (κ3) is 4.13. The SMILES string of the molecule is O=S(=O)(Cc1ccccc1)CC1CCCCN1. The molecule has 17 heavy (non-hydrogen) atoms. The van der Waals surface area contributed by atoms with E-state index in [0.29, 0.717) is 0 Å². The highest BCUT2D eigenvalue weighted by Gasteiger charge is 2.21. The first-order chi connectivity index (χ1) is 8.16. The third-order valence-electron chi connectivity index (χ3n) is 3.10. The van der Waals surface area contributed by atoms with Gasteiger partial charge in [0.15, 0.2) is 9.84 Å². The second-order valence-electron chi connectivity index (χ2n) is 4.69. The van der Waals surface area contributed by atoms with Crippen molar-refractivity contribution in [1.29, 1.82) is 0 Å². The molecule has 1 atom stereocenters. The van der Waals surface area contributed by atoms with Crippen LogP contribution in [0.1, 0.15) is 24.8 Å².